The minimum absolute atomic E-state index is 0. The zero-order chi connectivity index (χ0) is 26.0. The average molecular weight is 501 g/mol. The van der Waals surface area contributed by atoms with E-state index in [-0.39, 0.29) is 7.43 Å². The lowest BCUT2D eigenvalue weighted by atomic mass is 10.4. The van der Waals surface area contributed by atoms with Crippen LogP contribution in [0, 0.1) is 11.3 Å². The first kappa shape index (κ1) is 29.8. The summed E-state index contributed by atoms with van der Waals surface area (Å²) in [6.45, 7) is 3.98. The molecule has 0 aliphatic carbocycles. The number of nitriles is 1. The number of aromatic nitrogens is 5. The second-order valence-corrected chi connectivity index (χ2v) is 6.79. The summed E-state index contributed by atoms with van der Waals surface area (Å²) in [6.07, 6.45) is 14.1. The van der Waals surface area contributed by atoms with Gasteiger partial charge in [0.25, 0.3) is 0 Å². The van der Waals surface area contributed by atoms with Gasteiger partial charge in [-0.3, -0.25) is 25.8 Å². The third kappa shape index (κ3) is 11.1. The molecule has 5 heterocycles. The highest BCUT2D eigenvalue weighted by atomic mass is 15.5. The maximum absolute atomic E-state index is 7.51. The molecule has 1 aliphatic rings. The summed E-state index contributed by atoms with van der Waals surface area (Å²) in [7, 11) is 0. The van der Waals surface area contributed by atoms with Crippen LogP contribution in [-0.2, 0) is 0 Å². The number of nitrogens with two attached hydrogens (primary N) is 3. The minimum Gasteiger partial charge on any atom is -0.386 e. The molecule has 12 nitrogen and oxygen atoms in total. The van der Waals surface area contributed by atoms with Crippen molar-refractivity contribution in [2.45, 2.75) is 13.8 Å². The number of pyridine rings is 3. The van der Waals surface area contributed by atoms with Crippen LogP contribution < -0.4 is 27.7 Å². The van der Waals surface area contributed by atoms with E-state index in [0.29, 0.717) is 11.7 Å². The first-order chi connectivity index (χ1) is 17.6. The third-order valence-corrected chi connectivity index (χ3v) is 4.21. The molecule has 7 N–H and O–H groups in total. The molecule has 0 atom stereocenters. The topological polar surface area (TPSA) is 186 Å². The fourth-order valence-electron chi connectivity index (χ4n) is 2.59. The highest BCUT2D eigenvalue weighted by molar-refractivity contribution is 5.84. The van der Waals surface area contributed by atoms with Crippen molar-refractivity contribution in [2.24, 2.45) is 16.7 Å². The van der Waals surface area contributed by atoms with Crippen molar-refractivity contribution >= 4 is 23.0 Å². The largest absolute Gasteiger partial charge is 0.386 e. The number of amidine groups is 1. The second kappa shape index (κ2) is 17.2. The van der Waals surface area contributed by atoms with Gasteiger partial charge in [0.2, 0.25) is 0 Å². The number of hydrazine groups is 1. The molecule has 37 heavy (non-hydrogen) atoms. The molecule has 0 saturated heterocycles. The number of allylic oxidation sites excluding steroid dienone is 1. The molecule has 0 bridgehead atoms. The Morgan fingerprint density at radius 3 is 1.92 bits per heavy atom. The molecule has 0 fully saturated rings. The molecule has 0 unspecified atom stereocenters. The molecular formula is C25H32N12. The summed E-state index contributed by atoms with van der Waals surface area (Å²) in [6, 6.07) is 14.7. The maximum Gasteiger partial charge on any atom is 0.145 e. The van der Waals surface area contributed by atoms with Gasteiger partial charge < -0.3 is 16.9 Å². The summed E-state index contributed by atoms with van der Waals surface area (Å²) in [5.74, 6) is 6.27. The number of nitrogens with one attached hydrogen (secondary N) is 1. The normalized spacial score (nSPS) is 10.8. The highest BCUT2D eigenvalue weighted by Gasteiger charge is 2.12. The van der Waals surface area contributed by atoms with Crippen LogP contribution in [0.4, 0.5) is 17.2 Å². The van der Waals surface area contributed by atoms with Gasteiger partial charge in [-0.25, -0.2) is 4.68 Å². The Bertz CT molecular complexity index is 1220. The van der Waals surface area contributed by atoms with Gasteiger partial charge in [0.15, 0.2) is 0 Å². The highest BCUT2D eigenvalue weighted by Crippen LogP contribution is 2.15. The van der Waals surface area contributed by atoms with E-state index in [2.05, 4.69) is 37.2 Å². The zero-order valence-electron chi connectivity index (χ0n) is 19.6. The number of nitrogens with zero attached hydrogens (tertiary/aromatic N) is 8. The zero-order valence-corrected chi connectivity index (χ0v) is 19.6. The molecule has 4 aromatic heterocycles. The van der Waals surface area contributed by atoms with Gasteiger partial charge in [0.05, 0.1) is 41.7 Å². The molecule has 192 valence electrons. The monoisotopic (exact) mass is 500 g/mol. The molecule has 0 amide bonds. The Balaban J connectivity index is 0.000000260. The number of hydrogen-bond donors (Lipinski definition) is 4. The SMILES string of the molecule is C.C=CC#N.NC1=NN(c2cccnc2)CC1.NNc1cccnc1.Nc1ccn(-c2cccnc2)n1. The van der Waals surface area contributed by atoms with Crippen molar-refractivity contribution in [3.63, 3.8) is 0 Å². The van der Waals surface area contributed by atoms with Crippen molar-refractivity contribution in [1.29, 1.82) is 5.26 Å². The van der Waals surface area contributed by atoms with E-state index in [4.69, 9.17) is 22.6 Å². The van der Waals surface area contributed by atoms with Gasteiger partial charge in [-0.05, 0) is 36.4 Å². The van der Waals surface area contributed by atoms with E-state index >= 15 is 0 Å². The van der Waals surface area contributed by atoms with Gasteiger partial charge in [-0.1, -0.05) is 14.0 Å². The molecule has 12 heteroatoms. The summed E-state index contributed by atoms with van der Waals surface area (Å²) < 4.78 is 1.68. The molecule has 4 aromatic rings. The van der Waals surface area contributed by atoms with E-state index in [9.17, 15) is 0 Å². The van der Waals surface area contributed by atoms with Crippen molar-refractivity contribution < 1.29 is 0 Å². The van der Waals surface area contributed by atoms with Crippen LogP contribution in [0.3, 0.4) is 0 Å². The number of anilines is 3. The number of hydrogen-bond acceptors (Lipinski definition) is 11. The van der Waals surface area contributed by atoms with Crippen LogP contribution >= 0.6 is 0 Å². The van der Waals surface area contributed by atoms with E-state index in [1.54, 1.807) is 60.2 Å². The van der Waals surface area contributed by atoms with E-state index in [0.717, 1.165) is 30.0 Å². The Labute approximate surface area is 216 Å². The molecule has 1 aliphatic heterocycles. The summed E-state index contributed by atoms with van der Waals surface area (Å²) >= 11 is 0. The third-order valence-electron chi connectivity index (χ3n) is 4.21. The fraction of sp³-hybridized carbons (Fsp3) is 0.120. The van der Waals surface area contributed by atoms with Gasteiger partial charge in [0, 0.05) is 49.9 Å². The van der Waals surface area contributed by atoms with Crippen molar-refractivity contribution in [1.82, 2.24) is 24.7 Å². The molecule has 0 spiro atoms. The number of hydrazone groups is 1. The van der Waals surface area contributed by atoms with Crippen LogP contribution in [0.5, 0.6) is 0 Å². The van der Waals surface area contributed by atoms with Crippen molar-refractivity contribution in [3.8, 4) is 11.8 Å². The van der Waals surface area contributed by atoms with Crippen LogP contribution in [-0.4, -0.2) is 37.1 Å². The second-order valence-electron chi connectivity index (χ2n) is 6.79. The van der Waals surface area contributed by atoms with Crippen LogP contribution in [0.25, 0.3) is 5.69 Å². The van der Waals surface area contributed by atoms with Crippen LogP contribution in [0.1, 0.15) is 13.8 Å². The average Bonchev–Trinajstić information content (AvgIpc) is 3.59. The lowest BCUT2D eigenvalue weighted by molar-refractivity contribution is 0.879. The first-order valence-electron chi connectivity index (χ1n) is 10.7. The van der Waals surface area contributed by atoms with E-state index in [1.807, 2.05) is 41.4 Å². The predicted molar refractivity (Wildman–Crippen MR) is 148 cm³/mol. The van der Waals surface area contributed by atoms with Crippen LogP contribution in [0.15, 0.2) is 104 Å². The molecular weight excluding hydrogens is 468 g/mol. The van der Waals surface area contributed by atoms with E-state index < -0.39 is 0 Å². The fourth-order valence-corrected chi connectivity index (χ4v) is 2.59. The standard InChI is InChI=1S/C8H10N4.C8H8N4.C5H7N3.C3H3N.CH4/c2*9-8-3-5-12(11-8)7-2-1-4-10-6-7;6-8-5-2-1-3-7-4-5;1-2-3-4;/h1-2,4,6H,3,5H2,(H2,9,11);1-6H,(H2,9,11);1-4,8H,6H2;2H,1H2;1H4. The van der Waals surface area contributed by atoms with Gasteiger partial charge in [0.1, 0.15) is 11.7 Å². The van der Waals surface area contributed by atoms with Crippen molar-refractivity contribution in [2.75, 3.05) is 22.7 Å². The maximum atomic E-state index is 7.51. The van der Waals surface area contributed by atoms with Crippen molar-refractivity contribution in [3.05, 3.63) is 98.5 Å². The van der Waals surface area contributed by atoms with Gasteiger partial charge in [-0.2, -0.15) is 15.5 Å². The van der Waals surface area contributed by atoms with Gasteiger partial charge in [-0.15, -0.1) is 0 Å². The number of nitrogen functional groups attached to an aromatic ring is 2. The minimum atomic E-state index is 0. The Kier molecular flexibility index (Phi) is 13.8. The summed E-state index contributed by atoms with van der Waals surface area (Å²) in [4.78, 5) is 11.8. The molecule has 0 aromatic carbocycles. The smallest absolute Gasteiger partial charge is 0.145 e. The quantitative estimate of drug-likeness (QED) is 0.185. The molecule has 0 saturated carbocycles. The Hall–Kier alpha value is -5.28. The number of rotatable bonds is 3. The summed E-state index contributed by atoms with van der Waals surface area (Å²) in [5.41, 5.74) is 16.2. The van der Waals surface area contributed by atoms with E-state index in [1.165, 1.54) is 6.08 Å². The van der Waals surface area contributed by atoms with Gasteiger partial charge >= 0.3 is 0 Å². The molecule has 5 rings (SSSR count). The first-order valence-corrected chi connectivity index (χ1v) is 10.7. The predicted octanol–water partition coefficient (Wildman–Crippen LogP) is 3.11. The molecule has 0 radical (unpaired) electrons. The Morgan fingerprint density at radius 1 is 0.946 bits per heavy atom. The Morgan fingerprint density at radius 2 is 1.54 bits per heavy atom. The summed E-state index contributed by atoms with van der Waals surface area (Å²) in [5, 5.41) is 17.6. The lowest BCUT2D eigenvalue weighted by Crippen LogP contribution is -2.11. The lowest BCUT2D eigenvalue weighted by Gasteiger charge is -2.11. The van der Waals surface area contributed by atoms with Crippen LogP contribution in [0.2, 0.25) is 0 Å².